The van der Waals surface area contributed by atoms with E-state index in [4.69, 9.17) is 21.9 Å². The number of benzene rings is 3. The van der Waals surface area contributed by atoms with Crippen molar-refractivity contribution < 1.29 is 0 Å². The average Bonchev–Trinajstić information content (AvgIpc) is 3.04. The summed E-state index contributed by atoms with van der Waals surface area (Å²) in [5.41, 5.74) is 23.4. The largest absolute Gasteiger partial charge is 0.398 e. The normalized spacial score (nSPS) is 19.2. The first kappa shape index (κ1) is 28.4. The highest BCUT2D eigenvalue weighted by Gasteiger charge is 2.31. The predicted molar refractivity (Wildman–Crippen MR) is 185 cm³/mol. The van der Waals surface area contributed by atoms with Gasteiger partial charge in [-0.05, 0) is 114 Å². The molecule has 3 heterocycles. The molecule has 224 valence electrons. The predicted octanol–water partition coefficient (Wildman–Crippen LogP) is 7.78. The van der Waals surface area contributed by atoms with Crippen molar-refractivity contribution in [2.24, 2.45) is 11.8 Å². The Balaban J connectivity index is 1.21. The maximum absolute atomic E-state index is 7.77. The molecule has 1 aromatic heterocycles. The van der Waals surface area contributed by atoms with Gasteiger partial charge < -0.3 is 26.7 Å². The molecular weight excluding hydrogens is 540 g/mol. The highest BCUT2D eigenvalue weighted by Crippen LogP contribution is 2.41. The van der Waals surface area contributed by atoms with E-state index in [0.717, 1.165) is 82.7 Å². The van der Waals surface area contributed by atoms with Gasteiger partial charge in [-0.3, -0.25) is 0 Å². The van der Waals surface area contributed by atoms with Crippen molar-refractivity contribution in [1.82, 2.24) is 9.88 Å². The number of likely N-dealkylation sites (tertiary alicyclic amines) is 1. The van der Waals surface area contributed by atoms with Crippen molar-refractivity contribution in [3.05, 3.63) is 95.7 Å². The second-order valence-electron chi connectivity index (χ2n) is 12.9. The molecule has 1 saturated heterocycles. The Bertz CT molecular complexity index is 1610. The monoisotopic (exact) mass is 582 g/mol. The number of piperidine rings is 1. The van der Waals surface area contributed by atoms with E-state index in [-0.39, 0.29) is 0 Å². The molecule has 4 aromatic rings. The summed E-state index contributed by atoms with van der Waals surface area (Å²) in [6.45, 7) is 8.53. The first-order valence-electron chi connectivity index (χ1n) is 16.0. The van der Waals surface area contributed by atoms with Gasteiger partial charge in [-0.2, -0.15) is 0 Å². The third-order valence-corrected chi connectivity index (χ3v) is 9.95. The van der Waals surface area contributed by atoms with E-state index in [1.54, 1.807) is 6.08 Å². The van der Waals surface area contributed by atoms with Crippen LogP contribution in [-0.2, 0) is 6.42 Å². The molecule has 3 aliphatic rings. The molecular formula is C38H42N6. The van der Waals surface area contributed by atoms with Gasteiger partial charge in [-0.1, -0.05) is 37.3 Å². The molecule has 6 nitrogen and oxygen atoms in total. The van der Waals surface area contributed by atoms with Crippen molar-refractivity contribution in [1.29, 1.82) is 5.41 Å². The lowest BCUT2D eigenvalue weighted by Crippen LogP contribution is -2.43. The number of fused-ring (bicyclic) bond motifs is 4. The first-order chi connectivity index (χ1) is 21.5. The molecule has 44 heavy (non-hydrogen) atoms. The molecule has 0 radical (unpaired) electrons. The van der Waals surface area contributed by atoms with E-state index in [1.165, 1.54) is 61.8 Å². The van der Waals surface area contributed by atoms with Crippen LogP contribution in [0.2, 0.25) is 0 Å². The lowest BCUT2D eigenvalue weighted by atomic mass is 9.78. The van der Waals surface area contributed by atoms with E-state index in [0.29, 0.717) is 5.69 Å². The lowest BCUT2D eigenvalue weighted by Gasteiger charge is -2.41. The van der Waals surface area contributed by atoms with Gasteiger partial charge >= 0.3 is 0 Å². The van der Waals surface area contributed by atoms with Crippen LogP contribution in [0.1, 0.15) is 54.4 Å². The number of anilines is 4. The number of nitrogens with zero attached hydrogens (tertiary/aromatic N) is 3. The molecule has 2 aliphatic heterocycles. The Morgan fingerprint density at radius 2 is 1.48 bits per heavy atom. The average molecular weight is 583 g/mol. The maximum atomic E-state index is 7.77. The molecule has 0 amide bonds. The van der Waals surface area contributed by atoms with Crippen LogP contribution < -0.4 is 16.4 Å². The fourth-order valence-corrected chi connectivity index (χ4v) is 7.73. The number of rotatable bonds is 8. The SMILES string of the molecule is C=Cc1cc(-c2cnc3c(c2)Cc2cc(-c4ccc(N)c(C=N)c4)ccc2N3CCCN2CC3CCCC(C3)C2)ccc1N. The van der Waals surface area contributed by atoms with E-state index in [1.807, 2.05) is 30.5 Å². The summed E-state index contributed by atoms with van der Waals surface area (Å²) in [6, 6.07) is 21.1. The molecule has 1 saturated carbocycles. The number of pyridine rings is 1. The quantitative estimate of drug-likeness (QED) is 0.146. The lowest BCUT2D eigenvalue weighted by molar-refractivity contribution is 0.0859. The summed E-state index contributed by atoms with van der Waals surface area (Å²) in [6.07, 6.45) is 12.7. The number of nitrogen functional groups attached to an aromatic ring is 2. The van der Waals surface area contributed by atoms with Crippen molar-refractivity contribution in [3.8, 4) is 22.3 Å². The zero-order chi connectivity index (χ0) is 30.2. The fourth-order valence-electron chi connectivity index (χ4n) is 7.73. The fraction of sp³-hybridized carbons (Fsp3) is 0.316. The summed E-state index contributed by atoms with van der Waals surface area (Å²) in [4.78, 5) is 10.3. The van der Waals surface area contributed by atoms with Gasteiger partial charge in [0, 0.05) is 72.2 Å². The third kappa shape index (κ3) is 5.50. The van der Waals surface area contributed by atoms with Crippen molar-refractivity contribution in [2.75, 3.05) is 42.5 Å². The summed E-state index contributed by atoms with van der Waals surface area (Å²) in [5, 5.41) is 7.77. The minimum absolute atomic E-state index is 0.625. The molecule has 3 aromatic carbocycles. The van der Waals surface area contributed by atoms with E-state index in [2.05, 4.69) is 52.8 Å². The van der Waals surface area contributed by atoms with Crippen LogP contribution in [0.15, 0.2) is 73.4 Å². The summed E-state index contributed by atoms with van der Waals surface area (Å²) in [5.74, 6) is 2.85. The van der Waals surface area contributed by atoms with E-state index < -0.39 is 0 Å². The van der Waals surface area contributed by atoms with E-state index >= 15 is 0 Å². The molecule has 2 atom stereocenters. The second kappa shape index (κ2) is 11.9. The van der Waals surface area contributed by atoms with Crippen LogP contribution in [0.4, 0.5) is 22.9 Å². The Kier molecular flexibility index (Phi) is 7.69. The van der Waals surface area contributed by atoms with Crippen LogP contribution in [0.5, 0.6) is 0 Å². The minimum Gasteiger partial charge on any atom is -0.398 e. The molecule has 2 bridgehead atoms. The highest BCUT2D eigenvalue weighted by molar-refractivity contribution is 5.88. The summed E-state index contributed by atoms with van der Waals surface area (Å²) < 4.78 is 0. The van der Waals surface area contributed by atoms with Gasteiger partial charge in [-0.15, -0.1) is 0 Å². The van der Waals surface area contributed by atoms with Crippen LogP contribution in [0, 0.1) is 17.2 Å². The Hall–Kier alpha value is -4.42. The van der Waals surface area contributed by atoms with Gasteiger partial charge in [0.25, 0.3) is 0 Å². The number of hydrogen-bond donors (Lipinski definition) is 3. The zero-order valence-electron chi connectivity index (χ0n) is 25.4. The molecule has 5 N–H and O–H groups in total. The standard InChI is InChI=1S/C38H42N6/c1-2-27-16-30(8-10-35(27)40)34-20-32-19-31-17-29(28-7-11-36(41)33(18-28)21-39)9-12-37(31)44(38(32)42-22-34)14-4-13-43-23-25-5-3-6-26(15-25)24-43/h2,7-12,16-18,20-22,25-26,39H,1,3-6,13-15,19,23-24,40-41H2. The third-order valence-electron chi connectivity index (χ3n) is 9.95. The van der Waals surface area contributed by atoms with E-state index in [9.17, 15) is 0 Å². The zero-order valence-corrected chi connectivity index (χ0v) is 25.4. The molecule has 7 rings (SSSR count). The maximum Gasteiger partial charge on any atom is 0.136 e. The number of hydrogen-bond acceptors (Lipinski definition) is 6. The number of nitrogens with one attached hydrogen (secondary N) is 1. The summed E-state index contributed by atoms with van der Waals surface area (Å²) in [7, 11) is 0. The van der Waals surface area contributed by atoms with Crippen LogP contribution >= 0.6 is 0 Å². The Morgan fingerprint density at radius 1 is 0.818 bits per heavy atom. The first-order valence-corrected chi connectivity index (χ1v) is 16.0. The number of aromatic nitrogens is 1. The Morgan fingerprint density at radius 3 is 2.23 bits per heavy atom. The minimum atomic E-state index is 0.625. The highest BCUT2D eigenvalue weighted by atomic mass is 15.2. The molecule has 6 heteroatoms. The molecule has 2 unspecified atom stereocenters. The smallest absolute Gasteiger partial charge is 0.136 e. The van der Waals surface area contributed by atoms with Gasteiger partial charge in [-0.25, -0.2) is 4.98 Å². The topological polar surface area (TPSA) is 95.3 Å². The van der Waals surface area contributed by atoms with Crippen molar-refractivity contribution in [2.45, 2.75) is 38.5 Å². The molecule has 1 aliphatic carbocycles. The van der Waals surface area contributed by atoms with Crippen LogP contribution in [0.25, 0.3) is 28.3 Å². The second-order valence-corrected chi connectivity index (χ2v) is 12.9. The van der Waals surface area contributed by atoms with Gasteiger partial charge in [0.1, 0.15) is 5.82 Å². The summed E-state index contributed by atoms with van der Waals surface area (Å²) >= 11 is 0. The van der Waals surface area contributed by atoms with Gasteiger partial charge in [0.2, 0.25) is 0 Å². The Labute approximate surface area is 260 Å². The van der Waals surface area contributed by atoms with Crippen molar-refractivity contribution in [3.63, 3.8) is 0 Å². The van der Waals surface area contributed by atoms with Crippen molar-refractivity contribution >= 4 is 35.2 Å². The molecule has 0 spiro atoms. The van der Waals surface area contributed by atoms with Crippen LogP contribution in [-0.4, -0.2) is 42.3 Å². The van der Waals surface area contributed by atoms with Gasteiger partial charge in [0.15, 0.2) is 0 Å². The van der Waals surface area contributed by atoms with Crippen LogP contribution in [0.3, 0.4) is 0 Å². The van der Waals surface area contributed by atoms with Gasteiger partial charge in [0.05, 0.1) is 0 Å². The molecule has 2 fully saturated rings. The number of nitrogens with two attached hydrogens (primary N) is 2.